The normalized spacial score (nSPS) is 11.0. The monoisotopic (exact) mass is 309 g/mol. The minimum absolute atomic E-state index is 1.02. The highest BCUT2D eigenvalue weighted by Crippen LogP contribution is 2.23. The van der Waals surface area contributed by atoms with Crippen molar-refractivity contribution in [2.45, 2.75) is 13.0 Å². The number of thiophene rings is 1. The van der Waals surface area contributed by atoms with Crippen molar-refractivity contribution in [3.8, 4) is 0 Å². The molecular weight excluding hydrogens is 294 g/mol. The van der Waals surface area contributed by atoms with E-state index in [9.17, 15) is 0 Å². The van der Waals surface area contributed by atoms with Gasteiger partial charge in [0.25, 0.3) is 0 Å². The molecule has 0 aliphatic heterocycles. The number of likely N-dealkylation sites (N-methyl/N-ethyl adjacent to an activating group) is 1. The van der Waals surface area contributed by atoms with Crippen molar-refractivity contribution in [2.24, 2.45) is 0 Å². The van der Waals surface area contributed by atoms with Crippen molar-refractivity contribution in [3.05, 3.63) is 56.7 Å². The lowest BCUT2D eigenvalue weighted by Crippen LogP contribution is -2.20. The van der Waals surface area contributed by atoms with Crippen molar-refractivity contribution >= 4 is 27.3 Å². The topological polar surface area (TPSA) is 3.24 Å². The summed E-state index contributed by atoms with van der Waals surface area (Å²) < 4.78 is 1.23. The molecule has 1 aromatic carbocycles. The second-order valence-electron chi connectivity index (χ2n) is 4.17. The van der Waals surface area contributed by atoms with Gasteiger partial charge in [0, 0.05) is 22.4 Å². The summed E-state index contributed by atoms with van der Waals surface area (Å²) in [7, 11) is 2.18. The van der Waals surface area contributed by atoms with Gasteiger partial charge in [0.15, 0.2) is 0 Å². The zero-order chi connectivity index (χ0) is 12.1. The minimum Gasteiger partial charge on any atom is -0.301 e. The molecule has 0 saturated heterocycles. The first-order valence-electron chi connectivity index (χ1n) is 5.70. The van der Waals surface area contributed by atoms with E-state index in [0.717, 1.165) is 19.5 Å². The Bertz CT molecular complexity index is 452. The fourth-order valence-corrected chi connectivity index (χ4v) is 3.28. The number of hydrogen-bond acceptors (Lipinski definition) is 2. The van der Waals surface area contributed by atoms with Crippen LogP contribution in [0.2, 0.25) is 0 Å². The number of halogens is 1. The fraction of sp³-hybridized carbons (Fsp3) is 0.286. The van der Waals surface area contributed by atoms with E-state index in [2.05, 4.69) is 69.7 Å². The first kappa shape index (κ1) is 12.8. The Morgan fingerprint density at radius 2 is 1.94 bits per heavy atom. The minimum atomic E-state index is 1.02. The quantitative estimate of drug-likeness (QED) is 0.800. The Morgan fingerprint density at radius 1 is 1.18 bits per heavy atom. The predicted octanol–water partition coefficient (Wildman–Crippen LogP) is 4.19. The van der Waals surface area contributed by atoms with E-state index >= 15 is 0 Å². The summed E-state index contributed by atoms with van der Waals surface area (Å²) in [6, 6.07) is 12.8. The van der Waals surface area contributed by atoms with Crippen molar-refractivity contribution < 1.29 is 0 Å². The van der Waals surface area contributed by atoms with Gasteiger partial charge < -0.3 is 4.90 Å². The van der Waals surface area contributed by atoms with Crippen LogP contribution >= 0.6 is 27.3 Å². The zero-order valence-electron chi connectivity index (χ0n) is 9.90. The highest BCUT2D eigenvalue weighted by molar-refractivity contribution is 9.10. The van der Waals surface area contributed by atoms with Crippen LogP contribution in [0.3, 0.4) is 0 Å². The van der Waals surface area contributed by atoms with Crippen LogP contribution in [0.4, 0.5) is 0 Å². The van der Waals surface area contributed by atoms with Crippen molar-refractivity contribution in [3.63, 3.8) is 0 Å². The third kappa shape index (κ3) is 3.95. The van der Waals surface area contributed by atoms with Gasteiger partial charge in [0.05, 0.1) is 0 Å². The van der Waals surface area contributed by atoms with Crippen LogP contribution < -0.4 is 0 Å². The summed E-state index contributed by atoms with van der Waals surface area (Å²) in [5.74, 6) is 0. The lowest BCUT2D eigenvalue weighted by Gasteiger charge is -2.15. The largest absolute Gasteiger partial charge is 0.301 e. The number of hydrogen-bond donors (Lipinski definition) is 0. The first-order chi connectivity index (χ1) is 8.25. The average Bonchev–Trinajstić information content (AvgIpc) is 2.74. The van der Waals surface area contributed by atoms with Crippen LogP contribution in [-0.4, -0.2) is 18.5 Å². The average molecular weight is 310 g/mol. The Morgan fingerprint density at radius 3 is 2.59 bits per heavy atom. The molecule has 0 radical (unpaired) electrons. The van der Waals surface area contributed by atoms with Gasteiger partial charge in [-0.15, -0.1) is 11.3 Å². The highest BCUT2D eigenvalue weighted by atomic mass is 79.9. The molecule has 0 fully saturated rings. The van der Waals surface area contributed by atoms with Crippen LogP contribution in [0.1, 0.15) is 10.4 Å². The van der Waals surface area contributed by atoms with Crippen LogP contribution in [0.5, 0.6) is 0 Å². The van der Waals surface area contributed by atoms with Crippen LogP contribution in [0.25, 0.3) is 0 Å². The van der Waals surface area contributed by atoms with E-state index in [0.29, 0.717) is 0 Å². The van der Waals surface area contributed by atoms with Crippen LogP contribution in [0.15, 0.2) is 46.3 Å². The molecule has 0 saturated carbocycles. The summed E-state index contributed by atoms with van der Waals surface area (Å²) in [4.78, 5) is 3.77. The maximum atomic E-state index is 3.57. The molecule has 90 valence electrons. The molecule has 17 heavy (non-hydrogen) atoms. The summed E-state index contributed by atoms with van der Waals surface area (Å²) in [5.41, 5.74) is 1.41. The number of rotatable bonds is 5. The molecule has 0 aliphatic rings. The van der Waals surface area contributed by atoms with Crippen molar-refractivity contribution in [1.29, 1.82) is 0 Å². The maximum Gasteiger partial charge on any atom is 0.0336 e. The SMILES string of the molecule is CN(CCc1ccccc1)Cc1sccc1Br. The molecule has 1 nitrogen and oxygen atoms in total. The van der Waals surface area contributed by atoms with Gasteiger partial charge >= 0.3 is 0 Å². The van der Waals surface area contributed by atoms with Gasteiger partial charge in [-0.2, -0.15) is 0 Å². The fourth-order valence-electron chi connectivity index (χ4n) is 1.73. The summed E-state index contributed by atoms with van der Waals surface area (Å²) in [5, 5.41) is 2.13. The molecule has 2 aromatic rings. The number of nitrogens with zero attached hydrogens (tertiary/aromatic N) is 1. The van der Waals surface area contributed by atoms with Crippen molar-refractivity contribution in [1.82, 2.24) is 4.90 Å². The molecule has 0 N–H and O–H groups in total. The van der Waals surface area contributed by atoms with Gasteiger partial charge in [0.2, 0.25) is 0 Å². The van der Waals surface area contributed by atoms with E-state index in [4.69, 9.17) is 0 Å². The van der Waals surface area contributed by atoms with Gasteiger partial charge in [0.1, 0.15) is 0 Å². The van der Waals surface area contributed by atoms with Crippen LogP contribution in [0, 0.1) is 0 Å². The second-order valence-corrected chi connectivity index (χ2v) is 6.02. The van der Waals surface area contributed by atoms with Gasteiger partial charge in [-0.25, -0.2) is 0 Å². The second kappa shape index (κ2) is 6.34. The molecule has 0 amide bonds. The Balaban J connectivity index is 1.82. The molecule has 1 heterocycles. The molecule has 0 unspecified atom stereocenters. The molecule has 1 aromatic heterocycles. The molecule has 0 bridgehead atoms. The smallest absolute Gasteiger partial charge is 0.0336 e. The van der Waals surface area contributed by atoms with E-state index in [1.807, 2.05) is 11.3 Å². The molecule has 2 rings (SSSR count). The number of benzene rings is 1. The van der Waals surface area contributed by atoms with Crippen LogP contribution in [-0.2, 0) is 13.0 Å². The molecule has 0 spiro atoms. The molecule has 0 aliphatic carbocycles. The Hall–Kier alpha value is -0.640. The van der Waals surface area contributed by atoms with E-state index < -0.39 is 0 Å². The van der Waals surface area contributed by atoms with Crippen molar-refractivity contribution in [2.75, 3.05) is 13.6 Å². The Kier molecular flexibility index (Phi) is 4.77. The first-order valence-corrected chi connectivity index (χ1v) is 7.37. The van der Waals surface area contributed by atoms with E-state index in [1.165, 1.54) is 14.9 Å². The standard InChI is InChI=1S/C14H16BrNS/c1-16(11-14-13(15)8-10-17-14)9-7-12-5-3-2-4-6-12/h2-6,8,10H,7,9,11H2,1H3. The van der Waals surface area contributed by atoms with Gasteiger partial charge in [-0.1, -0.05) is 30.3 Å². The van der Waals surface area contributed by atoms with Gasteiger partial charge in [-0.05, 0) is 46.4 Å². The molecular formula is C14H16BrNS. The van der Waals surface area contributed by atoms with E-state index in [1.54, 1.807) is 0 Å². The summed E-state index contributed by atoms with van der Waals surface area (Å²) in [6.07, 6.45) is 1.11. The predicted molar refractivity (Wildman–Crippen MR) is 78.5 cm³/mol. The Labute approximate surface area is 115 Å². The molecule has 0 atom stereocenters. The zero-order valence-corrected chi connectivity index (χ0v) is 12.3. The van der Waals surface area contributed by atoms with E-state index in [-0.39, 0.29) is 0 Å². The van der Waals surface area contributed by atoms with Gasteiger partial charge in [-0.3, -0.25) is 0 Å². The third-order valence-corrected chi connectivity index (χ3v) is 4.64. The third-order valence-electron chi connectivity index (χ3n) is 2.73. The maximum absolute atomic E-state index is 3.57. The lowest BCUT2D eigenvalue weighted by atomic mass is 10.1. The summed E-state index contributed by atoms with van der Waals surface area (Å²) in [6.45, 7) is 2.11. The highest BCUT2D eigenvalue weighted by Gasteiger charge is 2.05. The molecule has 3 heteroatoms. The lowest BCUT2D eigenvalue weighted by molar-refractivity contribution is 0.333. The summed E-state index contributed by atoms with van der Waals surface area (Å²) >= 11 is 5.39.